The van der Waals surface area contributed by atoms with Gasteiger partial charge in [-0.15, -0.1) is 0 Å². The largest absolute Gasteiger partial charge is 0.299 e. The molecule has 0 aromatic carbocycles. The second kappa shape index (κ2) is 4.91. The van der Waals surface area contributed by atoms with Crippen molar-refractivity contribution in [1.29, 1.82) is 0 Å². The normalized spacial score (nSPS) is 30.1. The highest BCUT2D eigenvalue weighted by Crippen LogP contribution is 2.43. The predicted molar refractivity (Wildman–Crippen MR) is 69.8 cm³/mol. The maximum atomic E-state index is 12.2. The van der Waals surface area contributed by atoms with Crippen molar-refractivity contribution in [3.63, 3.8) is 0 Å². The lowest BCUT2D eigenvalue weighted by Gasteiger charge is -2.38. The molecule has 0 aliphatic heterocycles. The molecule has 0 heterocycles. The van der Waals surface area contributed by atoms with Gasteiger partial charge < -0.3 is 0 Å². The maximum absolute atomic E-state index is 12.2. The monoisotopic (exact) mass is 238 g/mol. The molecule has 2 heteroatoms. The molecule has 98 valence electrons. The summed E-state index contributed by atoms with van der Waals surface area (Å²) in [4.78, 5) is 23.9. The first-order chi connectivity index (χ1) is 7.73. The minimum Gasteiger partial charge on any atom is -0.299 e. The molecule has 0 aromatic heterocycles. The molecule has 17 heavy (non-hydrogen) atoms. The van der Waals surface area contributed by atoms with E-state index in [2.05, 4.69) is 6.92 Å². The molecule has 0 saturated heterocycles. The number of carbonyl (C=O) groups excluding carboxylic acids is 2. The maximum Gasteiger partial charge on any atom is 0.141 e. The molecule has 0 N–H and O–H groups in total. The molecule has 1 fully saturated rings. The first-order valence-electron chi connectivity index (χ1n) is 6.78. The van der Waals surface area contributed by atoms with Gasteiger partial charge in [-0.2, -0.15) is 0 Å². The fraction of sp³-hybridized carbons (Fsp3) is 0.867. The number of carbonyl (C=O) groups is 2. The van der Waals surface area contributed by atoms with E-state index in [4.69, 9.17) is 0 Å². The van der Waals surface area contributed by atoms with Crippen molar-refractivity contribution in [2.75, 3.05) is 0 Å². The number of hydrogen-bond donors (Lipinski definition) is 0. The van der Waals surface area contributed by atoms with Crippen LogP contribution in [0, 0.1) is 16.7 Å². The van der Waals surface area contributed by atoms with Gasteiger partial charge in [0, 0.05) is 16.7 Å². The van der Waals surface area contributed by atoms with Crippen molar-refractivity contribution in [3.05, 3.63) is 0 Å². The Bertz CT molecular complexity index is 301. The zero-order chi connectivity index (χ0) is 13.3. The van der Waals surface area contributed by atoms with Crippen molar-refractivity contribution in [2.45, 2.75) is 66.7 Å². The zero-order valence-corrected chi connectivity index (χ0v) is 11.9. The van der Waals surface area contributed by atoms with E-state index in [1.165, 1.54) is 0 Å². The number of hydrogen-bond acceptors (Lipinski definition) is 2. The third-order valence-electron chi connectivity index (χ3n) is 4.48. The van der Waals surface area contributed by atoms with Crippen LogP contribution in [0.2, 0.25) is 0 Å². The van der Waals surface area contributed by atoms with E-state index >= 15 is 0 Å². The smallest absolute Gasteiger partial charge is 0.141 e. The lowest BCUT2D eigenvalue weighted by atomic mass is 9.64. The lowest BCUT2D eigenvalue weighted by molar-refractivity contribution is -0.136. The van der Waals surface area contributed by atoms with Gasteiger partial charge in [0.05, 0.1) is 0 Å². The summed E-state index contributed by atoms with van der Waals surface area (Å²) < 4.78 is 0. The van der Waals surface area contributed by atoms with Crippen LogP contribution in [0.15, 0.2) is 0 Å². The Balaban J connectivity index is 2.68. The van der Waals surface area contributed by atoms with Crippen LogP contribution in [0.25, 0.3) is 0 Å². The molecule has 0 amide bonds. The fourth-order valence-electron chi connectivity index (χ4n) is 3.00. The van der Waals surface area contributed by atoms with Gasteiger partial charge in [0.1, 0.15) is 11.6 Å². The van der Waals surface area contributed by atoms with Crippen LogP contribution in [0.3, 0.4) is 0 Å². The van der Waals surface area contributed by atoms with Crippen LogP contribution in [-0.2, 0) is 9.59 Å². The minimum absolute atomic E-state index is 0.130. The van der Waals surface area contributed by atoms with E-state index in [0.717, 1.165) is 32.1 Å². The summed E-state index contributed by atoms with van der Waals surface area (Å²) in [5.74, 6) is 0.849. The standard InChI is InChI=1S/C15H26O2/c1-6-15(11(2)16)9-7-12(8-10-15)13(17)14(3,4)5/h12H,6-10H2,1-5H3. The first-order valence-corrected chi connectivity index (χ1v) is 6.78. The Morgan fingerprint density at radius 2 is 1.65 bits per heavy atom. The Kier molecular flexibility index (Phi) is 4.16. The molecule has 0 bridgehead atoms. The van der Waals surface area contributed by atoms with E-state index in [-0.39, 0.29) is 16.7 Å². The van der Waals surface area contributed by atoms with Crippen LogP contribution in [0.4, 0.5) is 0 Å². The van der Waals surface area contributed by atoms with E-state index in [1.807, 2.05) is 20.8 Å². The topological polar surface area (TPSA) is 34.1 Å². The van der Waals surface area contributed by atoms with E-state index in [9.17, 15) is 9.59 Å². The molecule has 0 atom stereocenters. The van der Waals surface area contributed by atoms with E-state index < -0.39 is 0 Å². The molecule has 0 unspecified atom stereocenters. The van der Waals surface area contributed by atoms with Crippen LogP contribution in [0.1, 0.15) is 66.7 Å². The first kappa shape index (κ1) is 14.4. The average molecular weight is 238 g/mol. The zero-order valence-electron chi connectivity index (χ0n) is 11.9. The molecule has 1 aliphatic carbocycles. The highest BCUT2D eigenvalue weighted by Gasteiger charge is 2.41. The number of Topliss-reactive ketones (excluding diaryl/α,β-unsaturated/α-hetero) is 2. The molecular formula is C15H26O2. The minimum atomic E-state index is -0.243. The second-order valence-corrected chi connectivity index (χ2v) is 6.58. The highest BCUT2D eigenvalue weighted by atomic mass is 16.1. The number of ketones is 2. The molecule has 1 rings (SSSR count). The summed E-state index contributed by atoms with van der Waals surface area (Å²) in [6.07, 6.45) is 4.49. The summed E-state index contributed by atoms with van der Waals surface area (Å²) in [5, 5.41) is 0. The average Bonchev–Trinajstić information content (AvgIpc) is 2.26. The molecule has 0 spiro atoms. The van der Waals surface area contributed by atoms with Crippen LogP contribution < -0.4 is 0 Å². The van der Waals surface area contributed by atoms with Crippen molar-refractivity contribution in [1.82, 2.24) is 0 Å². The van der Waals surface area contributed by atoms with Crippen molar-refractivity contribution >= 4 is 11.6 Å². The Hall–Kier alpha value is -0.660. The van der Waals surface area contributed by atoms with Crippen LogP contribution >= 0.6 is 0 Å². The summed E-state index contributed by atoms with van der Waals surface area (Å²) in [7, 11) is 0. The van der Waals surface area contributed by atoms with E-state index in [0.29, 0.717) is 11.6 Å². The van der Waals surface area contributed by atoms with Gasteiger partial charge in [-0.25, -0.2) is 0 Å². The third kappa shape index (κ3) is 2.97. The Morgan fingerprint density at radius 1 is 1.18 bits per heavy atom. The molecule has 2 nitrogen and oxygen atoms in total. The fourth-order valence-corrected chi connectivity index (χ4v) is 3.00. The number of rotatable bonds is 3. The van der Waals surface area contributed by atoms with Crippen LogP contribution in [-0.4, -0.2) is 11.6 Å². The summed E-state index contributed by atoms with van der Waals surface area (Å²) in [5.41, 5.74) is -0.373. The highest BCUT2D eigenvalue weighted by molar-refractivity contribution is 5.87. The van der Waals surface area contributed by atoms with Crippen molar-refractivity contribution in [3.8, 4) is 0 Å². The SMILES string of the molecule is CCC1(C(C)=O)CCC(C(=O)C(C)(C)C)CC1. The predicted octanol–water partition coefficient (Wildman–Crippen LogP) is 3.78. The quantitative estimate of drug-likeness (QED) is 0.750. The lowest BCUT2D eigenvalue weighted by Crippen LogP contribution is -2.38. The van der Waals surface area contributed by atoms with Gasteiger partial charge in [-0.3, -0.25) is 9.59 Å². The third-order valence-corrected chi connectivity index (χ3v) is 4.48. The van der Waals surface area contributed by atoms with Crippen molar-refractivity contribution in [2.24, 2.45) is 16.7 Å². The van der Waals surface area contributed by atoms with E-state index in [1.54, 1.807) is 6.92 Å². The summed E-state index contributed by atoms with van der Waals surface area (Å²) >= 11 is 0. The van der Waals surface area contributed by atoms with Gasteiger partial charge in [0.2, 0.25) is 0 Å². The summed E-state index contributed by atoms with van der Waals surface area (Å²) in [6, 6.07) is 0. The Morgan fingerprint density at radius 3 is 1.94 bits per heavy atom. The molecule has 1 saturated carbocycles. The molecule has 0 aromatic rings. The molecular weight excluding hydrogens is 212 g/mol. The van der Waals surface area contributed by atoms with Gasteiger partial charge in [0.25, 0.3) is 0 Å². The van der Waals surface area contributed by atoms with Gasteiger partial charge >= 0.3 is 0 Å². The van der Waals surface area contributed by atoms with Crippen LogP contribution in [0.5, 0.6) is 0 Å². The molecule has 1 aliphatic rings. The second-order valence-electron chi connectivity index (χ2n) is 6.58. The van der Waals surface area contributed by atoms with Crippen molar-refractivity contribution < 1.29 is 9.59 Å². The Labute approximate surface area is 105 Å². The van der Waals surface area contributed by atoms with Gasteiger partial charge in [0.15, 0.2) is 0 Å². The van der Waals surface area contributed by atoms with Gasteiger partial charge in [-0.1, -0.05) is 27.7 Å². The van der Waals surface area contributed by atoms with Gasteiger partial charge in [-0.05, 0) is 39.0 Å². The summed E-state index contributed by atoms with van der Waals surface area (Å²) in [6.45, 7) is 9.76. The molecule has 0 radical (unpaired) electrons.